The van der Waals surface area contributed by atoms with Gasteiger partial charge < -0.3 is 5.32 Å². The van der Waals surface area contributed by atoms with Gasteiger partial charge in [-0.1, -0.05) is 13.8 Å². The van der Waals surface area contributed by atoms with Crippen molar-refractivity contribution in [1.82, 2.24) is 10.6 Å². The summed E-state index contributed by atoms with van der Waals surface area (Å²) in [5.41, 5.74) is 0. The van der Waals surface area contributed by atoms with Crippen LogP contribution in [0.4, 0.5) is 0 Å². The van der Waals surface area contributed by atoms with Crippen molar-refractivity contribution in [3.8, 4) is 0 Å². The lowest BCUT2D eigenvalue weighted by Crippen LogP contribution is -2.43. The molecule has 1 fully saturated rings. The van der Waals surface area contributed by atoms with E-state index < -0.39 is 0 Å². The fraction of sp³-hybridized carbons (Fsp3) is 1.00. The minimum Gasteiger partial charge on any atom is -0.310 e. The molecule has 0 saturated carbocycles. The molecule has 0 spiro atoms. The van der Waals surface area contributed by atoms with E-state index in [0.29, 0.717) is 12.1 Å². The first-order valence-corrected chi connectivity index (χ1v) is 4.18. The van der Waals surface area contributed by atoms with Gasteiger partial charge in [-0.15, -0.1) is 0 Å². The Bertz CT molecular complexity index is 85.3. The van der Waals surface area contributed by atoms with Crippen molar-refractivity contribution in [2.24, 2.45) is 0 Å². The molecular weight excluding hydrogens is 124 g/mol. The Morgan fingerprint density at radius 3 is 2.80 bits per heavy atom. The highest BCUT2D eigenvalue weighted by molar-refractivity contribution is 4.75. The smallest absolute Gasteiger partial charge is 0.0287 e. The summed E-state index contributed by atoms with van der Waals surface area (Å²) in [6, 6.07) is 1.27. The van der Waals surface area contributed by atoms with E-state index in [4.69, 9.17) is 0 Å². The molecular formula is C8H17N2. The molecule has 1 saturated heterocycles. The Balaban J connectivity index is 2.13. The molecule has 1 atom stereocenters. The average Bonchev–Trinajstić information content (AvgIpc) is 1.88. The zero-order valence-corrected chi connectivity index (χ0v) is 6.93. The molecule has 0 aromatic rings. The van der Waals surface area contributed by atoms with E-state index in [1.165, 1.54) is 12.8 Å². The van der Waals surface area contributed by atoms with Crippen molar-refractivity contribution in [3.63, 3.8) is 0 Å². The minimum atomic E-state index is 0.610. The van der Waals surface area contributed by atoms with Crippen LogP contribution < -0.4 is 10.6 Å². The van der Waals surface area contributed by atoms with Gasteiger partial charge in [-0.2, -0.15) is 0 Å². The zero-order chi connectivity index (χ0) is 7.40. The Labute approximate surface area is 63.4 Å². The van der Waals surface area contributed by atoms with Crippen molar-refractivity contribution in [2.75, 3.05) is 13.1 Å². The second-order valence-electron chi connectivity index (χ2n) is 3.29. The first kappa shape index (κ1) is 8.02. The maximum Gasteiger partial charge on any atom is 0.0287 e. The maximum absolute atomic E-state index is 4.35. The van der Waals surface area contributed by atoms with E-state index in [2.05, 4.69) is 24.5 Å². The van der Waals surface area contributed by atoms with Gasteiger partial charge in [0.25, 0.3) is 0 Å². The van der Waals surface area contributed by atoms with Crippen molar-refractivity contribution < 1.29 is 0 Å². The van der Waals surface area contributed by atoms with Crippen LogP contribution in [0.1, 0.15) is 26.7 Å². The molecule has 0 amide bonds. The number of hydrogen-bond donors (Lipinski definition) is 1. The molecule has 1 N–H and O–H groups in total. The summed E-state index contributed by atoms with van der Waals surface area (Å²) in [6.07, 6.45) is 2.58. The fourth-order valence-electron chi connectivity index (χ4n) is 1.40. The van der Waals surface area contributed by atoms with E-state index in [-0.39, 0.29) is 0 Å². The van der Waals surface area contributed by atoms with Crippen LogP contribution in [0, 0.1) is 0 Å². The highest BCUT2D eigenvalue weighted by Crippen LogP contribution is 2.02. The van der Waals surface area contributed by atoms with E-state index in [1.54, 1.807) is 0 Å². The van der Waals surface area contributed by atoms with Crippen LogP contribution in [0.25, 0.3) is 0 Å². The van der Waals surface area contributed by atoms with Crippen LogP contribution in [-0.2, 0) is 0 Å². The fourth-order valence-corrected chi connectivity index (χ4v) is 1.40. The standard InChI is InChI=1S/C8H17N2/c1-7(2)10-8-4-3-5-9-6-8/h7-8,10H,3-6H2,1-2H3. The van der Waals surface area contributed by atoms with Gasteiger partial charge in [0.1, 0.15) is 0 Å². The first-order chi connectivity index (χ1) is 4.79. The highest BCUT2D eigenvalue weighted by Gasteiger charge is 2.13. The first-order valence-electron chi connectivity index (χ1n) is 4.18. The molecule has 1 heterocycles. The molecule has 1 rings (SSSR count). The number of piperidine rings is 1. The molecule has 0 aromatic heterocycles. The molecule has 1 radical (unpaired) electrons. The zero-order valence-electron chi connectivity index (χ0n) is 6.93. The van der Waals surface area contributed by atoms with E-state index in [1.807, 2.05) is 0 Å². The molecule has 1 unspecified atom stereocenters. The highest BCUT2D eigenvalue weighted by atomic mass is 15.0. The topological polar surface area (TPSA) is 26.1 Å². The Morgan fingerprint density at radius 1 is 1.50 bits per heavy atom. The van der Waals surface area contributed by atoms with Gasteiger partial charge in [0, 0.05) is 25.2 Å². The number of rotatable bonds is 2. The summed E-state index contributed by atoms with van der Waals surface area (Å²) in [7, 11) is 0. The molecule has 10 heavy (non-hydrogen) atoms. The largest absolute Gasteiger partial charge is 0.310 e. The van der Waals surface area contributed by atoms with Gasteiger partial charge in [-0.25, -0.2) is 5.32 Å². The monoisotopic (exact) mass is 141 g/mol. The Hall–Kier alpha value is -0.0800. The predicted molar refractivity (Wildman–Crippen MR) is 43.2 cm³/mol. The third-order valence-electron chi connectivity index (χ3n) is 1.79. The Morgan fingerprint density at radius 2 is 2.30 bits per heavy atom. The van der Waals surface area contributed by atoms with Gasteiger partial charge in [-0.05, 0) is 12.8 Å². The van der Waals surface area contributed by atoms with E-state index >= 15 is 0 Å². The number of hydrogen-bond acceptors (Lipinski definition) is 1. The van der Waals surface area contributed by atoms with Crippen molar-refractivity contribution >= 4 is 0 Å². The second-order valence-corrected chi connectivity index (χ2v) is 3.29. The second kappa shape index (κ2) is 3.94. The molecule has 1 aliphatic rings. The van der Waals surface area contributed by atoms with Crippen LogP contribution in [0.3, 0.4) is 0 Å². The molecule has 0 bridgehead atoms. The summed E-state index contributed by atoms with van der Waals surface area (Å²) in [4.78, 5) is 0. The van der Waals surface area contributed by atoms with E-state index in [9.17, 15) is 0 Å². The molecule has 0 aliphatic carbocycles. The van der Waals surface area contributed by atoms with Crippen molar-refractivity contribution in [2.45, 2.75) is 38.8 Å². The van der Waals surface area contributed by atoms with Crippen LogP contribution in [-0.4, -0.2) is 25.2 Å². The molecule has 2 heteroatoms. The minimum absolute atomic E-state index is 0.610. The van der Waals surface area contributed by atoms with Crippen LogP contribution >= 0.6 is 0 Å². The predicted octanol–water partition coefficient (Wildman–Crippen LogP) is 0.751. The summed E-state index contributed by atoms with van der Waals surface area (Å²) in [5.74, 6) is 0. The lowest BCUT2D eigenvalue weighted by Gasteiger charge is -2.24. The summed E-state index contributed by atoms with van der Waals surface area (Å²) < 4.78 is 0. The lowest BCUT2D eigenvalue weighted by molar-refractivity contribution is 0.363. The van der Waals surface area contributed by atoms with Gasteiger partial charge in [0.05, 0.1) is 0 Å². The molecule has 1 aliphatic heterocycles. The molecule has 59 valence electrons. The summed E-state index contributed by atoms with van der Waals surface area (Å²) in [6.45, 7) is 6.48. The van der Waals surface area contributed by atoms with Gasteiger partial charge in [0.2, 0.25) is 0 Å². The quantitative estimate of drug-likeness (QED) is 0.603. The van der Waals surface area contributed by atoms with Crippen molar-refractivity contribution in [1.29, 1.82) is 0 Å². The SMILES string of the molecule is CC(C)NC1CCC[N]C1. The summed E-state index contributed by atoms with van der Waals surface area (Å²) >= 11 is 0. The lowest BCUT2D eigenvalue weighted by atomic mass is 10.1. The normalized spacial score (nSPS) is 27.3. The maximum atomic E-state index is 4.35. The van der Waals surface area contributed by atoms with Gasteiger partial charge in [-0.3, -0.25) is 0 Å². The van der Waals surface area contributed by atoms with Gasteiger partial charge in [0.15, 0.2) is 0 Å². The van der Waals surface area contributed by atoms with Crippen LogP contribution in [0.15, 0.2) is 0 Å². The third kappa shape index (κ3) is 2.67. The van der Waals surface area contributed by atoms with Crippen LogP contribution in [0.5, 0.6) is 0 Å². The van der Waals surface area contributed by atoms with E-state index in [0.717, 1.165) is 13.1 Å². The van der Waals surface area contributed by atoms with Crippen molar-refractivity contribution in [3.05, 3.63) is 0 Å². The van der Waals surface area contributed by atoms with Crippen LogP contribution in [0.2, 0.25) is 0 Å². The molecule has 2 nitrogen and oxygen atoms in total. The Kier molecular flexibility index (Phi) is 3.16. The summed E-state index contributed by atoms with van der Waals surface area (Å²) in [5, 5.41) is 7.84. The average molecular weight is 141 g/mol. The number of nitrogens with one attached hydrogen (secondary N) is 1. The third-order valence-corrected chi connectivity index (χ3v) is 1.79. The molecule has 0 aromatic carbocycles. The number of nitrogens with zero attached hydrogens (tertiary/aromatic N) is 1. The van der Waals surface area contributed by atoms with Gasteiger partial charge >= 0.3 is 0 Å².